The first-order valence-corrected chi connectivity index (χ1v) is 8.79. The van der Waals surface area contributed by atoms with Crippen LogP contribution in [0.2, 0.25) is 0 Å². The normalized spacial score (nSPS) is 25.0. The lowest BCUT2D eigenvalue weighted by molar-refractivity contribution is -0.140. The molecule has 7 heteroatoms. The van der Waals surface area contributed by atoms with Crippen LogP contribution in [0, 0.1) is 17.2 Å². The van der Waals surface area contributed by atoms with Crippen LogP contribution in [-0.4, -0.2) is 29.7 Å². The number of amides is 2. The molecule has 0 spiro atoms. The molecule has 1 aliphatic heterocycles. The average molecular weight is 360 g/mol. The Labute approximate surface area is 152 Å². The Morgan fingerprint density at radius 2 is 2.04 bits per heavy atom. The van der Waals surface area contributed by atoms with Crippen LogP contribution in [0.25, 0.3) is 0 Å². The summed E-state index contributed by atoms with van der Waals surface area (Å²) in [4.78, 5) is 30.5. The number of hydrogen-bond donors (Lipinski definition) is 2. The van der Waals surface area contributed by atoms with Crippen molar-refractivity contribution in [3.05, 3.63) is 29.6 Å². The number of rotatable bonds is 4. The summed E-state index contributed by atoms with van der Waals surface area (Å²) < 4.78 is 14.7. The minimum absolute atomic E-state index is 0.0411. The SMILES string of the molecule is CN1C(=O)C(C)(C)[C@@](C)(c2cc(NC(=O)CC3CC3)ccc2F)N=C1N. The van der Waals surface area contributed by atoms with Crippen molar-refractivity contribution >= 4 is 23.5 Å². The van der Waals surface area contributed by atoms with E-state index in [-0.39, 0.29) is 23.3 Å². The zero-order chi connectivity index (χ0) is 19.3. The summed E-state index contributed by atoms with van der Waals surface area (Å²) in [6, 6.07) is 4.36. The van der Waals surface area contributed by atoms with Gasteiger partial charge >= 0.3 is 0 Å². The molecule has 3 rings (SSSR count). The fourth-order valence-electron chi connectivity index (χ4n) is 3.34. The van der Waals surface area contributed by atoms with Gasteiger partial charge in [-0.2, -0.15) is 0 Å². The molecule has 1 aromatic carbocycles. The van der Waals surface area contributed by atoms with Crippen molar-refractivity contribution in [2.75, 3.05) is 12.4 Å². The summed E-state index contributed by atoms with van der Waals surface area (Å²) in [5.74, 6) is -0.316. The molecule has 140 valence electrons. The number of aliphatic imine (C=N–C) groups is 1. The van der Waals surface area contributed by atoms with E-state index in [0.717, 1.165) is 12.8 Å². The molecule has 3 N–H and O–H groups in total. The van der Waals surface area contributed by atoms with Crippen LogP contribution in [0.3, 0.4) is 0 Å². The Hall–Kier alpha value is -2.44. The lowest BCUT2D eigenvalue weighted by Crippen LogP contribution is -2.58. The standard InChI is InChI=1S/C19H25FN4O2/c1-18(2)16(26)24(4)17(21)23-19(18,3)13-10-12(7-8-14(13)20)22-15(25)9-11-5-6-11/h7-8,10-11H,5-6,9H2,1-4H3,(H2,21,23)(H,22,25)/t19-/m1/s1. The van der Waals surface area contributed by atoms with E-state index in [0.29, 0.717) is 18.0 Å². The predicted molar refractivity (Wildman–Crippen MR) is 97.9 cm³/mol. The van der Waals surface area contributed by atoms with Crippen molar-refractivity contribution in [1.29, 1.82) is 0 Å². The van der Waals surface area contributed by atoms with Gasteiger partial charge in [0.15, 0.2) is 5.96 Å². The third kappa shape index (κ3) is 2.95. The van der Waals surface area contributed by atoms with Crippen LogP contribution in [0.1, 0.15) is 45.6 Å². The highest BCUT2D eigenvalue weighted by atomic mass is 19.1. The zero-order valence-corrected chi connectivity index (χ0v) is 15.6. The second-order valence-corrected chi connectivity index (χ2v) is 7.92. The van der Waals surface area contributed by atoms with Crippen molar-refractivity contribution in [3.8, 4) is 0 Å². The summed E-state index contributed by atoms with van der Waals surface area (Å²) in [5.41, 5.74) is 4.41. The largest absolute Gasteiger partial charge is 0.369 e. The molecule has 2 amide bonds. The van der Waals surface area contributed by atoms with Crippen LogP contribution >= 0.6 is 0 Å². The molecule has 1 aliphatic carbocycles. The Balaban J connectivity index is 2.00. The van der Waals surface area contributed by atoms with E-state index < -0.39 is 16.8 Å². The Bertz CT molecular complexity index is 801. The number of hydrogen-bond acceptors (Lipinski definition) is 4. The first-order chi connectivity index (χ1) is 12.1. The number of carbonyl (C=O) groups excluding carboxylic acids is 2. The van der Waals surface area contributed by atoms with Crippen LogP contribution in [-0.2, 0) is 15.1 Å². The van der Waals surface area contributed by atoms with E-state index in [1.54, 1.807) is 33.9 Å². The Kier molecular flexibility index (Phi) is 4.29. The van der Waals surface area contributed by atoms with Crippen LogP contribution in [0.4, 0.5) is 10.1 Å². The van der Waals surface area contributed by atoms with Gasteiger partial charge < -0.3 is 11.1 Å². The molecule has 1 fully saturated rings. The maximum Gasteiger partial charge on any atom is 0.237 e. The first-order valence-electron chi connectivity index (χ1n) is 8.79. The maximum absolute atomic E-state index is 14.7. The van der Waals surface area contributed by atoms with E-state index in [2.05, 4.69) is 10.3 Å². The summed E-state index contributed by atoms with van der Waals surface area (Å²) in [6.45, 7) is 5.14. The van der Waals surface area contributed by atoms with Gasteiger partial charge in [0, 0.05) is 24.7 Å². The quantitative estimate of drug-likeness (QED) is 0.865. The third-order valence-corrected chi connectivity index (χ3v) is 5.68. The van der Waals surface area contributed by atoms with E-state index in [4.69, 9.17) is 5.73 Å². The van der Waals surface area contributed by atoms with Gasteiger partial charge in [-0.05, 0) is 57.7 Å². The highest BCUT2D eigenvalue weighted by Gasteiger charge is 2.53. The van der Waals surface area contributed by atoms with Gasteiger partial charge in [-0.25, -0.2) is 9.38 Å². The molecule has 0 aromatic heterocycles. The molecule has 0 saturated heterocycles. The van der Waals surface area contributed by atoms with E-state index in [9.17, 15) is 14.0 Å². The molecule has 1 atom stereocenters. The number of nitrogens with zero attached hydrogens (tertiary/aromatic N) is 2. The van der Waals surface area contributed by atoms with Gasteiger partial charge in [0.2, 0.25) is 11.8 Å². The molecular weight excluding hydrogens is 335 g/mol. The highest BCUT2D eigenvalue weighted by molar-refractivity contribution is 6.01. The number of nitrogens with two attached hydrogens (primary N) is 1. The van der Waals surface area contributed by atoms with Crippen molar-refractivity contribution in [2.45, 2.75) is 45.6 Å². The van der Waals surface area contributed by atoms with Crippen LogP contribution in [0.15, 0.2) is 23.2 Å². The second-order valence-electron chi connectivity index (χ2n) is 7.92. The minimum atomic E-state index is -1.19. The second kappa shape index (κ2) is 6.07. The van der Waals surface area contributed by atoms with Crippen molar-refractivity contribution in [3.63, 3.8) is 0 Å². The number of anilines is 1. The highest BCUT2D eigenvalue weighted by Crippen LogP contribution is 2.47. The van der Waals surface area contributed by atoms with E-state index in [1.807, 2.05) is 0 Å². The van der Waals surface area contributed by atoms with Gasteiger partial charge in [0.1, 0.15) is 11.4 Å². The number of guanidine groups is 1. The zero-order valence-electron chi connectivity index (χ0n) is 15.6. The molecule has 1 saturated carbocycles. The molecule has 0 unspecified atom stereocenters. The van der Waals surface area contributed by atoms with Crippen LogP contribution < -0.4 is 11.1 Å². The van der Waals surface area contributed by atoms with Gasteiger partial charge in [-0.1, -0.05) is 0 Å². The lowest BCUT2D eigenvalue weighted by Gasteiger charge is -2.46. The lowest BCUT2D eigenvalue weighted by atomic mass is 9.67. The summed E-state index contributed by atoms with van der Waals surface area (Å²) >= 11 is 0. The fraction of sp³-hybridized carbons (Fsp3) is 0.526. The van der Waals surface area contributed by atoms with Crippen LogP contribution in [0.5, 0.6) is 0 Å². The number of carbonyl (C=O) groups is 2. The van der Waals surface area contributed by atoms with Gasteiger partial charge in [-0.3, -0.25) is 14.5 Å². The van der Waals surface area contributed by atoms with Crippen molar-refractivity contribution in [2.24, 2.45) is 22.1 Å². The molecule has 6 nitrogen and oxygen atoms in total. The Morgan fingerprint density at radius 1 is 1.38 bits per heavy atom. The molecule has 2 aliphatic rings. The Morgan fingerprint density at radius 3 is 2.65 bits per heavy atom. The number of halogens is 1. The first kappa shape index (κ1) is 18.4. The van der Waals surface area contributed by atoms with Crippen molar-refractivity contribution < 1.29 is 14.0 Å². The van der Waals surface area contributed by atoms with E-state index >= 15 is 0 Å². The topological polar surface area (TPSA) is 87.8 Å². The number of nitrogens with one attached hydrogen (secondary N) is 1. The van der Waals surface area contributed by atoms with E-state index in [1.165, 1.54) is 17.0 Å². The molecule has 0 bridgehead atoms. The third-order valence-electron chi connectivity index (χ3n) is 5.68. The van der Waals surface area contributed by atoms with Gasteiger partial charge in [0.05, 0.1) is 5.41 Å². The molecule has 0 radical (unpaired) electrons. The summed E-state index contributed by atoms with van der Waals surface area (Å²) in [6.07, 6.45) is 2.64. The van der Waals surface area contributed by atoms with Crippen molar-refractivity contribution in [1.82, 2.24) is 4.90 Å². The summed E-state index contributed by atoms with van der Waals surface area (Å²) in [5, 5.41) is 2.82. The molecule has 26 heavy (non-hydrogen) atoms. The van der Waals surface area contributed by atoms with Gasteiger partial charge in [-0.15, -0.1) is 0 Å². The maximum atomic E-state index is 14.7. The monoisotopic (exact) mass is 360 g/mol. The average Bonchev–Trinajstić information content (AvgIpc) is 3.37. The van der Waals surface area contributed by atoms with Gasteiger partial charge in [0.25, 0.3) is 0 Å². The number of benzene rings is 1. The molecule has 1 heterocycles. The smallest absolute Gasteiger partial charge is 0.237 e. The summed E-state index contributed by atoms with van der Waals surface area (Å²) in [7, 11) is 1.55. The molecule has 1 aromatic rings. The minimum Gasteiger partial charge on any atom is -0.369 e. The molecular formula is C19H25FN4O2. The fourth-order valence-corrected chi connectivity index (χ4v) is 3.34. The predicted octanol–water partition coefficient (Wildman–Crippen LogP) is 2.59.